The molecule has 7 nitrogen and oxygen atoms in total. The van der Waals surface area contributed by atoms with Crippen molar-refractivity contribution in [1.29, 1.82) is 0 Å². The topological polar surface area (TPSA) is 87.2 Å². The molecular weight excluding hydrogens is 570 g/mol. The lowest BCUT2D eigenvalue weighted by atomic mass is 9.90. The van der Waals surface area contributed by atoms with E-state index in [0.29, 0.717) is 22.7 Å². The van der Waals surface area contributed by atoms with E-state index in [-0.39, 0.29) is 38.4 Å². The number of carboxylic acid groups (broad SMARTS) is 1. The number of halogens is 7. The van der Waals surface area contributed by atoms with E-state index in [0.717, 1.165) is 7.11 Å². The number of hydrogen-bond acceptors (Lipinski definition) is 5. The van der Waals surface area contributed by atoms with Gasteiger partial charge in [-0.25, -0.2) is 0 Å². The van der Waals surface area contributed by atoms with Gasteiger partial charge in [-0.1, -0.05) is 23.7 Å². The highest BCUT2D eigenvalue weighted by Crippen LogP contribution is 2.37. The van der Waals surface area contributed by atoms with Crippen molar-refractivity contribution < 1.29 is 50.6 Å². The second kappa shape index (κ2) is 12.5. The summed E-state index contributed by atoms with van der Waals surface area (Å²) >= 11 is 5.94. The first-order chi connectivity index (χ1) is 18.6. The minimum absolute atomic E-state index is 0.0508. The molecule has 14 heteroatoms. The van der Waals surface area contributed by atoms with Crippen LogP contribution in [0.25, 0.3) is 0 Å². The van der Waals surface area contributed by atoms with Crippen LogP contribution in [0.2, 0.25) is 5.02 Å². The number of carbonyl (C=O) groups is 3. The number of methoxy groups -OCH3 is 1. The molecule has 0 radical (unpaired) electrons. The van der Waals surface area contributed by atoms with Crippen LogP contribution >= 0.6 is 11.6 Å². The summed E-state index contributed by atoms with van der Waals surface area (Å²) in [6.07, 6.45) is -9.92. The monoisotopic (exact) mass is 594 g/mol. The number of carboxylic acids is 1. The zero-order valence-electron chi connectivity index (χ0n) is 21.1. The van der Waals surface area contributed by atoms with Gasteiger partial charge >= 0.3 is 24.3 Å². The molecule has 2 unspecified atom stereocenters. The number of amides is 1. The maximum absolute atomic E-state index is 13.5. The van der Waals surface area contributed by atoms with E-state index in [1.54, 1.807) is 24.3 Å². The quantitative estimate of drug-likeness (QED) is 0.336. The second-order valence-electron chi connectivity index (χ2n) is 9.33. The van der Waals surface area contributed by atoms with E-state index in [9.17, 15) is 45.8 Å². The molecule has 1 aliphatic rings. The third-order valence-electron chi connectivity index (χ3n) is 6.58. The van der Waals surface area contributed by atoms with Gasteiger partial charge in [0.25, 0.3) is 5.91 Å². The molecule has 1 heterocycles. The summed E-state index contributed by atoms with van der Waals surface area (Å²) in [5.74, 6) is -2.95. The van der Waals surface area contributed by atoms with Crippen LogP contribution < -0.4 is 0 Å². The fraction of sp³-hybridized carbons (Fsp3) is 0.423. The van der Waals surface area contributed by atoms with Gasteiger partial charge in [-0.05, 0) is 55.2 Å². The molecule has 1 amide bonds. The minimum Gasteiger partial charge on any atom is -0.480 e. The van der Waals surface area contributed by atoms with Crippen molar-refractivity contribution in [3.05, 3.63) is 69.7 Å². The van der Waals surface area contributed by atoms with Crippen molar-refractivity contribution >= 4 is 29.4 Å². The van der Waals surface area contributed by atoms with Gasteiger partial charge in [0, 0.05) is 29.2 Å². The molecule has 0 aromatic heterocycles. The fourth-order valence-corrected chi connectivity index (χ4v) is 4.80. The number of nitrogens with zero attached hydrogens (tertiary/aromatic N) is 2. The lowest BCUT2D eigenvalue weighted by molar-refractivity contribution is -0.146. The SMILES string of the molecule is COC(=O)CN(CC(=O)O)C1CCN(C(=O)c2cc(C(F)(F)F)cc(C(F)(F)F)c2)C(Cc2ccc(Cl)cc2)C1. The molecule has 1 N–H and O–H groups in total. The van der Waals surface area contributed by atoms with Crippen molar-refractivity contribution in [3.8, 4) is 0 Å². The van der Waals surface area contributed by atoms with Crippen molar-refractivity contribution in [2.24, 2.45) is 0 Å². The van der Waals surface area contributed by atoms with Gasteiger partial charge in [-0.15, -0.1) is 0 Å². The molecule has 40 heavy (non-hydrogen) atoms. The Kier molecular flexibility index (Phi) is 9.72. The normalized spacial score (nSPS) is 18.1. The smallest absolute Gasteiger partial charge is 0.416 e. The Morgan fingerprint density at radius 3 is 2.08 bits per heavy atom. The van der Waals surface area contributed by atoms with E-state index in [1.807, 2.05) is 0 Å². The van der Waals surface area contributed by atoms with Crippen molar-refractivity contribution in [2.75, 3.05) is 26.7 Å². The number of esters is 1. The summed E-state index contributed by atoms with van der Waals surface area (Å²) in [6.45, 7) is -1.00. The molecule has 0 bridgehead atoms. The Bertz CT molecular complexity index is 1200. The number of aliphatic carboxylic acids is 1. The van der Waals surface area contributed by atoms with Crippen LogP contribution in [0.5, 0.6) is 0 Å². The highest BCUT2D eigenvalue weighted by molar-refractivity contribution is 6.30. The summed E-state index contributed by atoms with van der Waals surface area (Å²) in [4.78, 5) is 39.4. The molecule has 3 rings (SSSR count). The zero-order valence-corrected chi connectivity index (χ0v) is 21.8. The number of benzene rings is 2. The third-order valence-corrected chi connectivity index (χ3v) is 6.83. The van der Waals surface area contributed by atoms with Crippen LogP contribution in [-0.2, 0) is 33.1 Å². The Morgan fingerprint density at radius 1 is 1.00 bits per heavy atom. The summed E-state index contributed by atoms with van der Waals surface area (Å²) in [7, 11) is 1.14. The number of piperidine rings is 1. The number of carbonyl (C=O) groups excluding carboxylic acids is 2. The summed E-state index contributed by atoms with van der Waals surface area (Å²) in [5, 5.41) is 9.77. The van der Waals surface area contributed by atoms with Crippen LogP contribution in [0.4, 0.5) is 26.3 Å². The van der Waals surface area contributed by atoms with Crippen molar-refractivity contribution in [1.82, 2.24) is 9.80 Å². The molecule has 0 aliphatic carbocycles. The molecule has 1 aliphatic heterocycles. The standard InChI is InChI=1S/C26H25ClF6N2O5/c1-40-23(38)14-34(13-22(36)37)20-6-7-35(21(12-20)8-15-2-4-19(27)5-3-15)24(39)16-9-17(25(28,29)30)11-18(10-16)26(31,32)33/h2-5,9-11,20-21H,6-8,12-14H2,1H3,(H,36,37). The van der Waals surface area contributed by atoms with Crippen LogP contribution in [0, 0.1) is 0 Å². The Balaban J connectivity index is 2.00. The average Bonchev–Trinajstić information content (AvgIpc) is 2.87. The molecule has 218 valence electrons. The highest BCUT2D eigenvalue weighted by atomic mass is 35.5. The first-order valence-electron chi connectivity index (χ1n) is 12.0. The molecule has 0 saturated carbocycles. The fourth-order valence-electron chi connectivity index (χ4n) is 4.68. The Labute approximate surface area is 230 Å². The third kappa shape index (κ3) is 8.10. The Morgan fingerprint density at radius 2 is 1.57 bits per heavy atom. The van der Waals surface area contributed by atoms with Crippen LogP contribution in [-0.4, -0.2) is 71.6 Å². The molecule has 1 fully saturated rings. The lowest BCUT2D eigenvalue weighted by Crippen LogP contribution is -2.54. The highest BCUT2D eigenvalue weighted by Gasteiger charge is 2.40. The number of likely N-dealkylation sites (tertiary alicyclic amines) is 1. The van der Waals surface area contributed by atoms with Crippen LogP contribution in [0.1, 0.15) is 39.9 Å². The van der Waals surface area contributed by atoms with E-state index in [2.05, 4.69) is 4.74 Å². The van der Waals surface area contributed by atoms with Gasteiger partial charge in [0.05, 0.1) is 31.3 Å². The molecular formula is C26H25ClF6N2O5. The predicted molar refractivity (Wildman–Crippen MR) is 131 cm³/mol. The van der Waals surface area contributed by atoms with Gasteiger partial charge in [0.2, 0.25) is 0 Å². The molecule has 1 saturated heterocycles. The van der Waals surface area contributed by atoms with Gasteiger partial charge in [0.15, 0.2) is 0 Å². The molecule has 0 spiro atoms. The molecule has 2 aromatic carbocycles. The second-order valence-corrected chi connectivity index (χ2v) is 9.77. The minimum atomic E-state index is -5.13. The van der Waals surface area contributed by atoms with E-state index >= 15 is 0 Å². The Hall–Kier alpha value is -3.32. The first-order valence-corrected chi connectivity index (χ1v) is 12.3. The average molecular weight is 595 g/mol. The van der Waals surface area contributed by atoms with Gasteiger partial charge in [-0.3, -0.25) is 19.3 Å². The maximum Gasteiger partial charge on any atom is 0.416 e. The maximum atomic E-state index is 13.5. The van der Waals surface area contributed by atoms with Crippen LogP contribution in [0.3, 0.4) is 0 Å². The van der Waals surface area contributed by atoms with E-state index in [4.69, 9.17) is 11.6 Å². The number of hydrogen-bond donors (Lipinski definition) is 1. The van der Waals surface area contributed by atoms with Gasteiger partial charge < -0.3 is 14.7 Å². The molecule has 2 atom stereocenters. The lowest BCUT2D eigenvalue weighted by Gasteiger charge is -2.43. The summed E-state index contributed by atoms with van der Waals surface area (Å²) < 4.78 is 85.2. The van der Waals surface area contributed by atoms with Gasteiger partial charge in [-0.2, -0.15) is 26.3 Å². The predicted octanol–water partition coefficient (Wildman–Crippen LogP) is 5.15. The number of ether oxygens (including phenoxy) is 1. The van der Waals surface area contributed by atoms with Gasteiger partial charge in [0.1, 0.15) is 0 Å². The summed E-state index contributed by atoms with van der Waals surface area (Å²) in [6, 6.07) is 5.89. The number of rotatable bonds is 8. The van der Waals surface area contributed by atoms with E-state index in [1.165, 1.54) is 9.80 Å². The van der Waals surface area contributed by atoms with E-state index < -0.39 is 65.5 Å². The van der Waals surface area contributed by atoms with Crippen LogP contribution in [0.15, 0.2) is 42.5 Å². The van der Waals surface area contributed by atoms with Crippen molar-refractivity contribution in [3.63, 3.8) is 0 Å². The summed E-state index contributed by atoms with van der Waals surface area (Å²) in [5.41, 5.74) is -3.33. The zero-order chi connectivity index (χ0) is 29.8. The largest absolute Gasteiger partial charge is 0.480 e. The first kappa shape index (κ1) is 31.2. The van der Waals surface area contributed by atoms with Crippen molar-refractivity contribution in [2.45, 2.75) is 43.7 Å². The number of alkyl halides is 6. The molecule has 2 aromatic rings.